The lowest BCUT2D eigenvalue weighted by Crippen LogP contribution is -2.06. The summed E-state index contributed by atoms with van der Waals surface area (Å²) < 4.78 is 15.5. The zero-order valence-electron chi connectivity index (χ0n) is 9.80. The molecule has 0 saturated carbocycles. The molecular weight excluding hydrogens is 315 g/mol. The Morgan fingerprint density at radius 2 is 2.11 bits per heavy atom. The van der Waals surface area contributed by atoms with E-state index >= 15 is 0 Å². The van der Waals surface area contributed by atoms with E-state index < -0.39 is 5.82 Å². The van der Waals surface area contributed by atoms with Gasteiger partial charge in [0.05, 0.1) is 16.9 Å². The minimum atomic E-state index is -0.431. The summed E-state index contributed by atoms with van der Waals surface area (Å²) in [6.45, 7) is 0. The Balaban J connectivity index is 2.27. The van der Waals surface area contributed by atoms with Gasteiger partial charge < -0.3 is 5.32 Å². The molecule has 0 bridgehead atoms. The number of pyridine rings is 1. The van der Waals surface area contributed by atoms with E-state index in [1.165, 1.54) is 12.3 Å². The zero-order chi connectivity index (χ0) is 13.4. The monoisotopic (exact) mass is 322 g/mol. The number of halogens is 2. The molecule has 0 amide bonds. The molecule has 0 unspecified atom stereocenters. The van der Waals surface area contributed by atoms with Crippen molar-refractivity contribution in [2.45, 2.75) is 0 Å². The van der Waals surface area contributed by atoms with Gasteiger partial charge in [-0.25, -0.2) is 9.37 Å². The maximum atomic E-state index is 13.2. The quantitative estimate of drug-likeness (QED) is 0.782. The van der Waals surface area contributed by atoms with E-state index in [-0.39, 0.29) is 0 Å². The van der Waals surface area contributed by atoms with E-state index in [2.05, 4.69) is 41.3 Å². The third-order valence-corrected chi connectivity index (χ3v) is 3.07. The molecule has 3 heterocycles. The smallest absolute Gasteiger partial charge is 0.227 e. The second kappa shape index (κ2) is 4.54. The molecule has 0 fully saturated rings. The van der Waals surface area contributed by atoms with Gasteiger partial charge in [-0.2, -0.15) is 14.6 Å². The van der Waals surface area contributed by atoms with Gasteiger partial charge in [-0.1, -0.05) is 0 Å². The van der Waals surface area contributed by atoms with Crippen LogP contribution in [0.25, 0.3) is 17.0 Å². The molecule has 96 valence electrons. The van der Waals surface area contributed by atoms with Crippen molar-refractivity contribution < 1.29 is 4.39 Å². The van der Waals surface area contributed by atoms with Crippen molar-refractivity contribution in [1.82, 2.24) is 24.6 Å². The summed E-state index contributed by atoms with van der Waals surface area (Å²) in [4.78, 5) is 12.4. The Morgan fingerprint density at radius 1 is 1.26 bits per heavy atom. The van der Waals surface area contributed by atoms with Crippen LogP contribution in [0, 0.1) is 5.82 Å². The highest BCUT2D eigenvalue weighted by molar-refractivity contribution is 9.10. The molecule has 0 atom stereocenters. The van der Waals surface area contributed by atoms with Gasteiger partial charge in [0.15, 0.2) is 11.5 Å². The average Bonchev–Trinajstić information content (AvgIpc) is 2.80. The van der Waals surface area contributed by atoms with Crippen LogP contribution in [0.15, 0.2) is 29.1 Å². The predicted molar refractivity (Wildman–Crippen MR) is 71.2 cm³/mol. The standard InChI is InChI=1S/C11H8BrFN6/c1-14-11-18-9(6-2-7(13)4-15-3-6)17-10-8(12)5-16-19(10)11/h2-5H,1H3,(H,14,17,18). The average molecular weight is 323 g/mol. The maximum Gasteiger partial charge on any atom is 0.227 e. The molecule has 3 aromatic rings. The van der Waals surface area contributed by atoms with Gasteiger partial charge >= 0.3 is 0 Å². The fourth-order valence-corrected chi connectivity index (χ4v) is 2.02. The highest BCUT2D eigenvalue weighted by Crippen LogP contribution is 2.22. The summed E-state index contributed by atoms with van der Waals surface area (Å²) >= 11 is 3.36. The van der Waals surface area contributed by atoms with Crippen LogP contribution in [0.3, 0.4) is 0 Å². The maximum absolute atomic E-state index is 13.2. The first-order valence-electron chi connectivity index (χ1n) is 5.39. The summed E-state index contributed by atoms with van der Waals surface area (Å²) in [6.07, 6.45) is 4.27. The summed E-state index contributed by atoms with van der Waals surface area (Å²) in [5, 5.41) is 7.06. The highest BCUT2D eigenvalue weighted by atomic mass is 79.9. The topological polar surface area (TPSA) is 68.0 Å². The minimum absolute atomic E-state index is 0.380. The van der Waals surface area contributed by atoms with E-state index in [0.29, 0.717) is 23.0 Å². The van der Waals surface area contributed by atoms with E-state index in [4.69, 9.17) is 0 Å². The molecule has 0 aliphatic carbocycles. The molecular formula is C11H8BrFN6. The molecule has 0 saturated heterocycles. The SMILES string of the molecule is CNc1nc(-c2cncc(F)c2)nc2c(Br)cnn12. The molecule has 19 heavy (non-hydrogen) atoms. The van der Waals surface area contributed by atoms with E-state index in [0.717, 1.165) is 10.7 Å². The van der Waals surface area contributed by atoms with Crippen molar-refractivity contribution in [2.75, 3.05) is 12.4 Å². The van der Waals surface area contributed by atoms with Crippen LogP contribution in [0.5, 0.6) is 0 Å². The number of anilines is 1. The van der Waals surface area contributed by atoms with Gasteiger partial charge in [-0.05, 0) is 22.0 Å². The molecule has 3 aromatic heterocycles. The molecule has 3 rings (SSSR count). The van der Waals surface area contributed by atoms with Crippen molar-refractivity contribution in [2.24, 2.45) is 0 Å². The Labute approximate surface area is 115 Å². The van der Waals surface area contributed by atoms with Crippen LogP contribution in [-0.2, 0) is 0 Å². The Morgan fingerprint density at radius 3 is 2.84 bits per heavy atom. The number of nitrogens with one attached hydrogen (secondary N) is 1. The molecule has 0 aromatic carbocycles. The zero-order valence-corrected chi connectivity index (χ0v) is 11.4. The van der Waals surface area contributed by atoms with Crippen LogP contribution in [0.1, 0.15) is 0 Å². The van der Waals surface area contributed by atoms with Crippen molar-refractivity contribution in [3.05, 3.63) is 34.9 Å². The van der Waals surface area contributed by atoms with Crippen molar-refractivity contribution in [3.8, 4) is 11.4 Å². The lowest BCUT2D eigenvalue weighted by molar-refractivity contribution is 0.622. The van der Waals surface area contributed by atoms with E-state index in [1.54, 1.807) is 17.8 Å². The lowest BCUT2D eigenvalue weighted by Gasteiger charge is -2.06. The first-order valence-corrected chi connectivity index (χ1v) is 6.18. The first-order chi connectivity index (χ1) is 9.19. The molecule has 6 nitrogen and oxygen atoms in total. The van der Waals surface area contributed by atoms with Crippen molar-refractivity contribution >= 4 is 27.5 Å². The van der Waals surface area contributed by atoms with Crippen LogP contribution < -0.4 is 5.32 Å². The Kier molecular flexibility index (Phi) is 2.86. The fourth-order valence-electron chi connectivity index (χ4n) is 1.68. The second-order valence-electron chi connectivity index (χ2n) is 3.74. The third kappa shape index (κ3) is 2.03. The van der Waals surface area contributed by atoms with Crippen LogP contribution >= 0.6 is 15.9 Å². The number of hydrogen-bond acceptors (Lipinski definition) is 5. The molecule has 0 spiro atoms. The van der Waals surface area contributed by atoms with Crippen LogP contribution in [-0.4, -0.2) is 31.6 Å². The second-order valence-corrected chi connectivity index (χ2v) is 4.59. The first kappa shape index (κ1) is 12.0. The van der Waals surface area contributed by atoms with Gasteiger partial charge in [0.1, 0.15) is 5.82 Å². The van der Waals surface area contributed by atoms with Crippen LogP contribution in [0.4, 0.5) is 10.3 Å². The number of hydrogen-bond donors (Lipinski definition) is 1. The van der Waals surface area contributed by atoms with E-state index in [1.807, 2.05) is 0 Å². The number of rotatable bonds is 2. The number of nitrogens with zero attached hydrogens (tertiary/aromatic N) is 5. The Bertz CT molecular complexity index is 756. The van der Waals surface area contributed by atoms with Gasteiger partial charge in [-0.15, -0.1) is 0 Å². The summed E-state index contributed by atoms with van der Waals surface area (Å²) in [5.41, 5.74) is 1.10. The molecule has 0 aliphatic heterocycles. The number of aromatic nitrogens is 5. The number of fused-ring (bicyclic) bond motifs is 1. The van der Waals surface area contributed by atoms with Crippen molar-refractivity contribution in [1.29, 1.82) is 0 Å². The molecule has 1 N–H and O–H groups in total. The van der Waals surface area contributed by atoms with Crippen LogP contribution in [0.2, 0.25) is 0 Å². The fraction of sp³-hybridized carbons (Fsp3) is 0.0909. The summed E-state index contributed by atoms with van der Waals surface area (Å²) in [5.74, 6) is 0.458. The minimum Gasteiger partial charge on any atom is -0.357 e. The highest BCUT2D eigenvalue weighted by Gasteiger charge is 2.12. The van der Waals surface area contributed by atoms with Gasteiger partial charge in [0.25, 0.3) is 0 Å². The molecule has 0 radical (unpaired) electrons. The van der Waals surface area contributed by atoms with E-state index in [9.17, 15) is 4.39 Å². The van der Waals surface area contributed by atoms with Gasteiger partial charge in [0, 0.05) is 18.8 Å². The van der Waals surface area contributed by atoms with Gasteiger partial charge in [0.2, 0.25) is 5.95 Å². The Hall–Kier alpha value is -2.09. The van der Waals surface area contributed by atoms with Crippen molar-refractivity contribution in [3.63, 3.8) is 0 Å². The molecule has 0 aliphatic rings. The summed E-state index contributed by atoms with van der Waals surface area (Å²) in [6, 6.07) is 1.34. The third-order valence-electron chi connectivity index (χ3n) is 2.51. The van der Waals surface area contributed by atoms with Gasteiger partial charge in [-0.3, -0.25) is 4.98 Å². The molecule has 8 heteroatoms. The lowest BCUT2D eigenvalue weighted by atomic mass is 10.2. The summed E-state index contributed by atoms with van der Waals surface area (Å²) in [7, 11) is 1.73. The normalized spacial score (nSPS) is 10.9. The largest absolute Gasteiger partial charge is 0.357 e. The predicted octanol–water partition coefficient (Wildman–Crippen LogP) is 2.13.